The fourth-order valence-electron chi connectivity index (χ4n) is 3.36. The Balaban J connectivity index is 2.44. The zero-order chi connectivity index (χ0) is 25.8. The highest BCUT2D eigenvalue weighted by molar-refractivity contribution is 7.92. The number of aryl methyl sites for hydroxylation is 2. The van der Waals surface area contributed by atoms with Crippen molar-refractivity contribution in [1.29, 1.82) is 0 Å². The van der Waals surface area contributed by atoms with E-state index in [4.69, 9.17) is 0 Å². The third-order valence-electron chi connectivity index (χ3n) is 5.42. The molecule has 0 fully saturated rings. The molecule has 0 bridgehead atoms. The molecule has 9 heteroatoms. The molecule has 0 aromatic heterocycles. The van der Waals surface area contributed by atoms with Gasteiger partial charge >= 0.3 is 0 Å². The Morgan fingerprint density at radius 1 is 1.06 bits per heavy atom. The van der Waals surface area contributed by atoms with E-state index in [1.54, 1.807) is 31.2 Å². The first-order valence-corrected chi connectivity index (χ1v) is 12.8. The van der Waals surface area contributed by atoms with Crippen molar-refractivity contribution in [3.63, 3.8) is 0 Å². The first kappa shape index (κ1) is 27.3. The van der Waals surface area contributed by atoms with E-state index in [2.05, 4.69) is 5.32 Å². The Morgan fingerprint density at radius 2 is 1.68 bits per heavy atom. The minimum atomic E-state index is -3.82. The van der Waals surface area contributed by atoms with Crippen LogP contribution in [-0.4, -0.2) is 49.5 Å². The minimum Gasteiger partial charge on any atom is -0.350 e. The van der Waals surface area contributed by atoms with Crippen LogP contribution in [0.25, 0.3) is 0 Å². The number of carbonyl (C=O) groups is 2. The lowest BCUT2D eigenvalue weighted by molar-refractivity contribution is -0.140. The monoisotopic (exact) mass is 491 g/mol. The summed E-state index contributed by atoms with van der Waals surface area (Å²) in [5.74, 6) is -1.56. The van der Waals surface area contributed by atoms with Gasteiger partial charge in [0.15, 0.2) is 0 Å². The Morgan fingerprint density at radius 3 is 2.21 bits per heavy atom. The Bertz CT molecular complexity index is 1160. The molecule has 0 aliphatic rings. The van der Waals surface area contributed by atoms with Gasteiger partial charge in [-0.15, -0.1) is 0 Å². The summed E-state index contributed by atoms with van der Waals surface area (Å²) < 4.78 is 40.6. The van der Waals surface area contributed by atoms with Crippen molar-refractivity contribution >= 4 is 27.5 Å². The van der Waals surface area contributed by atoms with Crippen molar-refractivity contribution in [1.82, 2.24) is 10.2 Å². The van der Waals surface area contributed by atoms with E-state index in [9.17, 15) is 22.4 Å². The quantitative estimate of drug-likeness (QED) is 0.612. The highest BCUT2D eigenvalue weighted by atomic mass is 32.2. The van der Waals surface area contributed by atoms with Crippen LogP contribution in [0, 0.1) is 19.7 Å². The molecule has 0 radical (unpaired) electrons. The molecule has 0 saturated heterocycles. The van der Waals surface area contributed by atoms with E-state index < -0.39 is 45.8 Å². The highest BCUT2D eigenvalue weighted by Crippen LogP contribution is 2.22. The van der Waals surface area contributed by atoms with Gasteiger partial charge in [-0.25, -0.2) is 12.8 Å². The van der Waals surface area contributed by atoms with Crippen LogP contribution in [0.2, 0.25) is 0 Å². The summed E-state index contributed by atoms with van der Waals surface area (Å²) in [6.45, 7) is 10.0. The van der Waals surface area contributed by atoms with Crippen LogP contribution in [0.4, 0.5) is 10.1 Å². The molecule has 0 saturated carbocycles. The summed E-state index contributed by atoms with van der Waals surface area (Å²) in [5.41, 5.74) is 1.88. The summed E-state index contributed by atoms with van der Waals surface area (Å²) in [6, 6.07) is 10.1. The number of amides is 2. The Hall–Kier alpha value is -2.94. The molecule has 0 aliphatic carbocycles. The largest absolute Gasteiger partial charge is 0.350 e. The van der Waals surface area contributed by atoms with Gasteiger partial charge in [0.25, 0.3) is 0 Å². The van der Waals surface area contributed by atoms with Crippen molar-refractivity contribution < 1.29 is 22.4 Å². The Kier molecular flexibility index (Phi) is 8.47. The summed E-state index contributed by atoms with van der Waals surface area (Å²) in [7, 11) is -3.82. The lowest BCUT2D eigenvalue weighted by atomic mass is 10.1. The van der Waals surface area contributed by atoms with Gasteiger partial charge in [0, 0.05) is 17.6 Å². The average Bonchev–Trinajstić information content (AvgIpc) is 2.70. The summed E-state index contributed by atoms with van der Waals surface area (Å²) in [5, 5.41) is 2.83. The van der Waals surface area contributed by atoms with Gasteiger partial charge < -0.3 is 10.2 Å². The van der Waals surface area contributed by atoms with Crippen molar-refractivity contribution in [2.75, 3.05) is 17.1 Å². The van der Waals surface area contributed by atoms with Crippen LogP contribution >= 0.6 is 0 Å². The summed E-state index contributed by atoms with van der Waals surface area (Å²) in [4.78, 5) is 27.6. The number of anilines is 1. The third kappa shape index (κ3) is 7.28. The molecular weight excluding hydrogens is 457 g/mol. The second kappa shape index (κ2) is 10.5. The summed E-state index contributed by atoms with van der Waals surface area (Å²) in [6.07, 6.45) is 1.02. The first-order chi connectivity index (χ1) is 15.6. The fourth-order valence-corrected chi connectivity index (χ4v) is 4.20. The van der Waals surface area contributed by atoms with Crippen LogP contribution in [0.15, 0.2) is 42.5 Å². The highest BCUT2D eigenvalue weighted by Gasteiger charge is 2.31. The molecule has 0 unspecified atom stereocenters. The van der Waals surface area contributed by atoms with Crippen LogP contribution in [0.1, 0.15) is 44.4 Å². The minimum absolute atomic E-state index is 0.186. The number of halogens is 1. The molecule has 186 valence electrons. The van der Waals surface area contributed by atoms with E-state index in [0.29, 0.717) is 5.69 Å². The zero-order valence-corrected chi connectivity index (χ0v) is 21.7. The van der Waals surface area contributed by atoms with Crippen molar-refractivity contribution in [2.24, 2.45) is 0 Å². The normalized spacial score (nSPS) is 12.7. The lowest BCUT2D eigenvalue weighted by Gasteiger charge is -2.33. The van der Waals surface area contributed by atoms with Crippen molar-refractivity contribution in [3.05, 3.63) is 65.0 Å². The van der Waals surface area contributed by atoms with Crippen LogP contribution in [-0.2, 0) is 26.2 Å². The molecule has 2 amide bonds. The fraction of sp³-hybridized carbons (Fsp3) is 0.440. The van der Waals surface area contributed by atoms with Gasteiger partial charge in [0.2, 0.25) is 21.8 Å². The van der Waals surface area contributed by atoms with Gasteiger partial charge in [-0.3, -0.25) is 13.9 Å². The molecule has 2 rings (SSSR count). The smallest absolute Gasteiger partial charge is 0.244 e. The van der Waals surface area contributed by atoms with Crippen LogP contribution in [0.5, 0.6) is 0 Å². The van der Waals surface area contributed by atoms with Gasteiger partial charge in [0.05, 0.1) is 11.9 Å². The molecule has 1 N–H and O–H groups in total. The maximum Gasteiger partial charge on any atom is 0.244 e. The third-order valence-corrected chi connectivity index (χ3v) is 6.56. The summed E-state index contributed by atoms with van der Waals surface area (Å²) >= 11 is 0. The van der Waals surface area contributed by atoms with Crippen molar-refractivity contribution in [3.8, 4) is 0 Å². The second-order valence-corrected chi connectivity index (χ2v) is 11.5. The average molecular weight is 492 g/mol. The van der Waals surface area contributed by atoms with E-state index in [0.717, 1.165) is 21.7 Å². The topological polar surface area (TPSA) is 86.8 Å². The number of nitrogens with one attached hydrogen (secondary N) is 1. The number of sulfonamides is 1. The molecule has 2 aromatic carbocycles. The van der Waals surface area contributed by atoms with Gasteiger partial charge in [-0.05, 0) is 70.9 Å². The number of nitrogens with zero attached hydrogens (tertiary/aromatic N) is 2. The van der Waals surface area contributed by atoms with Crippen LogP contribution in [0.3, 0.4) is 0 Å². The number of rotatable bonds is 8. The number of carbonyl (C=O) groups excluding carboxylic acids is 2. The first-order valence-electron chi connectivity index (χ1n) is 11.0. The molecule has 7 nitrogen and oxygen atoms in total. The predicted octanol–water partition coefficient (Wildman–Crippen LogP) is 3.54. The van der Waals surface area contributed by atoms with Gasteiger partial charge in [-0.1, -0.05) is 24.3 Å². The standard InChI is InChI=1S/C25H34FN3O4S/c1-17-12-13-21(14-18(17)2)29(34(7,32)33)16-23(30)28(15-20-10-8-9-11-22(20)26)19(3)24(31)27-25(4,5)6/h8-14,19H,15-16H2,1-7H3,(H,27,31)/t19-/m0/s1. The number of benzene rings is 2. The second-order valence-electron chi connectivity index (χ2n) is 9.57. The molecule has 0 spiro atoms. The predicted molar refractivity (Wildman–Crippen MR) is 132 cm³/mol. The molecule has 34 heavy (non-hydrogen) atoms. The van der Waals surface area contributed by atoms with Gasteiger partial charge in [0.1, 0.15) is 18.4 Å². The Labute approximate surface area is 202 Å². The molecule has 2 aromatic rings. The van der Waals surface area contributed by atoms with Crippen LogP contribution < -0.4 is 9.62 Å². The molecule has 0 aliphatic heterocycles. The van der Waals surface area contributed by atoms with E-state index >= 15 is 0 Å². The lowest BCUT2D eigenvalue weighted by Crippen LogP contribution is -2.54. The molecular formula is C25H34FN3O4S. The number of hydrogen-bond acceptors (Lipinski definition) is 4. The molecule has 1 atom stereocenters. The van der Waals surface area contributed by atoms with E-state index in [-0.39, 0.29) is 12.1 Å². The SMILES string of the molecule is Cc1ccc(N(CC(=O)N(Cc2ccccc2F)[C@@H](C)C(=O)NC(C)(C)C)S(C)(=O)=O)cc1C. The zero-order valence-electron chi connectivity index (χ0n) is 20.8. The molecule has 0 heterocycles. The number of hydrogen-bond donors (Lipinski definition) is 1. The van der Waals surface area contributed by atoms with E-state index in [1.165, 1.54) is 23.1 Å². The van der Waals surface area contributed by atoms with E-state index in [1.807, 2.05) is 34.6 Å². The van der Waals surface area contributed by atoms with Gasteiger partial charge in [-0.2, -0.15) is 0 Å². The maximum atomic E-state index is 14.4. The van der Waals surface area contributed by atoms with Crippen molar-refractivity contribution in [2.45, 2.75) is 59.7 Å². The maximum absolute atomic E-state index is 14.4.